The fraction of sp³-hybridized carbons (Fsp3) is 0.545. The second-order valence-corrected chi connectivity index (χ2v) is 5.03. The number of anilines is 1. The van der Waals surface area contributed by atoms with Gasteiger partial charge in [0.15, 0.2) is 0 Å². The molecule has 2 rings (SSSR count). The van der Waals surface area contributed by atoms with Gasteiger partial charge in [-0.15, -0.1) is 0 Å². The molecule has 0 bridgehead atoms. The fourth-order valence-corrected chi connectivity index (χ4v) is 2.92. The van der Waals surface area contributed by atoms with Gasteiger partial charge in [-0.2, -0.15) is 11.8 Å². The van der Waals surface area contributed by atoms with Gasteiger partial charge in [0.05, 0.1) is 6.10 Å². The molecule has 3 nitrogen and oxygen atoms in total. The Hall–Kier alpha value is -0.740. The van der Waals surface area contributed by atoms with E-state index in [1.54, 1.807) is 6.20 Å². The number of rotatable bonds is 3. The Balaban J connectivity index is 1.87. The Bertz CT molecular complexity index is 332. The van der Waals surface area contributed by atoms with Gasteiger partial charge in [-0.25, -0.2) is 4.98 Å². The van der Waals surface area contributed by atoms with E-state index in [1.165, 1.54) is 5.56 Å². The molecular weight excluding hydrogens is 208 g/mol. The summed E-state index contributed by atoms with van der Waals surface area (Å²) in [4.78, 5) is 3.98. The van der Waals surface area contributed by atoms with E-state index in [2.05, 4.69) is 11.9 Å². The van der Waals surface area contributed by atoms with E-state index in [0.29, 0.717) is 17.2 Å². The van der Waals surface area contributed by atoms with Gasteiger partial charge in [-0.1, -0.05) is 0 Å². The van der Waals surface area contributed by atoms with Crippen LogP contribution in [0.2, 0.25) is 0 Å². The van der Waals surface area contributed by atoms with Crippen molar-refractivity contribution in [3.8, 4) is 0 Å². The van der Waals surface area contributed by atoms with Crippen LogP contribution in [0.5, 0.6) is 0 Å². The zero-order valence-corrected chi connectivity index (χ0v) is 9.67. The van der Waals surface area contributed by atoms with Gasteiger partial charge >= 0.3 is 0 Å². The summed E-state index contributed by atoms with van der Waals surface area (Å²) in [7, 11) is 0. The van der Waals surface area contributed by atoms with E-state index in [0.717, 1.165) is 18.8 Å². The van der Waals surface area contributed by atoms with Crippen molar-refractivity contribution in [2.75, 3.05) is 12.3 Å². The molecular formula is C11H16N2OS. The third-order valence-electron chi connectivity index (χ3n) is 2.62. The standard InChI is InChI=1S/C11H16N2OS/c1-8-10(3-5-14-8)15-7-9-2-4-13-11(12)6-9/h2,4,6,8,10H,3,5,7H2,1H3,(H2,12,13). The van der Waals surface area contributed by atoms with Crippen LogP contribution in [0.1, 0.15) is 18.9 Å². The summed E-state index contributed by atoms with van der Waals surface area (Å²) in [5.41, 5.74) is 6.87. The van der Waals surface area contributed by atoms with Gasteiger partial charge < -0.3 is 10.5 Å². The Labute approximate surface area is 94.4 Å². The average Bonchev–Trinajstić information content (AvgIpc) is 2.61. The van der Waals surface area contributed by atoms with Gasteiger partial charge in [-0.05, 0) is 31.0 Å². The minimum Gasteiger partial charge on any atom is -0.384 e. The summed E-state index contributed by atoms with van der Waals surface area (Å²) < 4.78 is 5.52. The fourth-order valence-electron chi connectivity index (χ4n) is 1.72. The maximum atomic E-state index is 5.62. The molecule has 0 amide bonds. The lowest BCUT2D eigenvalue weighted by molar-refractivity contribution is 0.127. The second kappa shape index (κ2) is 4.86. The van der Waals surface area contributed by atoms with Gasteiger partial charge in [0, 0.05) is 23.8 Å². The smallest absolute Gasteiger partial charge is 0.123 e. The molecule has 4 heteroatoms. The molecule has 82 valence electrons. The lowest BCUT2D eigenvalue weighted by atomic mass is 10.3. The number of ether oxygens (including phenoxy) is 1. The van der Waals surface area contributed by atoms with Crippen molar-refractivity contribution in [3.05, 3.63) is 23.9 Å². The quantitative estimate of drug-likeness (QED) is 0.854. The first-order valence-electron chi connectivity index (χ1n) is 5.19. The first-order chi connectivity index (χ1) is 7.25. The summed E-state index contributed by atoms with van der Waals surface area (Å²) in [5.74, 6) is 1.59. The van der Waals surface area contributed by atoms with Crippen LogP contribution in [-0.4, -0.2) is 22.9 Å². The van der Waals surface area contributed by atoms with Gasteiger partial charge in [0.25, 0.3) is 0 Å². The molecule has 0 spiro atoms. The number of thioether (sulfide) groups is 1. The predicted molar refractivity (Wildman–Crippen MR) is 63.8 cm³/mol. The molecule has 0 aromatic carbocycles. The van der Waals surface area contributed by atoms with E-state index < -0.39 is 0 Å². The molecule has 0 radical (unpaired) electrons. The molecule has 2 heterocycles. The van der Waals surface area contributed by atoms with Crippen molar-refractivity contribution in [1.82, 2.24) is 4.98 Å². The molecule has 2 unspecified atom stereocenters. The number of aromatic nitrogens is 1. The normalized spacial score (nSPS) is 25.7. The van der Waals surface area contributed by atoms with Crippen LogP contribution >= 0.6 is 11.8 Å². The highest BCUT2D eigenvalue weighted by molar-refractivity contribution is 7.99. The van der Waals surface area contributed by atoms with Crippen LogP contribution in [0.3, 0.4) is 0 Å². The highest BCUT2D eigenvalue weighted by Gasteiger charge is 2.24. The number of nitrogen functional groups attached to an aromatic ring is 1. The molecule has 1 saturated heterocycles. The summed E-state index contributed by atoms with van der Waals surface area (Å²) in [6.45, 7) is 3.04. The van der Waals surface area contributed by atoms with Crippen LogP contribution in [-0.2, 0) is 10.5 Å². The highest BCUT2D eigenvalue weighted by Crippen LogP contribution is 2.28. The van der Waals surface area contributed by atoms with Crippen molar-refractivity contribution in [2.24, 2.45) is 0 Å². The first kappa shape index (κ1) is 10.8. The van der Waals surface area contributed by atoms with Crippen LogP contribution in [0.25, 0.3) is 0 Å². The molecule has 15 heavy (non-hydrogen) atoms. The van der Waals surface area contributed by atoms with Gasteiger partial charge in [0.1, 0.15) is 5.82 Å². The largest absolute Gasteiger partial charge is 0.384 e. The minimum absolute atomic E-state index is 0.384. The number of nitrogens with zero attached hydrogens (tertiary/aromatic N) is 1. The number of pyridine rings is 1. The lowest BCUT2D eigenvalue weighted by Crippen LogP contribution is -2.13. The number of nitrogens with two attached hydrogens (primary N) is 1. The minimum atomic E-state index is 0.384. The third kappa shape index (κ3) is 2.86. The highest BCUT2D eigenvalue weighted by atomic mass is 32.2. The summed E-state index contributed by atoms with van der Waals surface area (Å²) >= 11 is 1.95. The molecule has 0 aliphatic carbocycles. The Morgan fingerprint density at radius 3 is 3.20 bits per heavy atom. The molecule has 2 N–H and O–H groups in total. The van der Waals surface area contributed by atoms with E-state index in [9.17, 15) is 0 Å². The monoisotopic (exact) mass is 224 g/mol. The van der Waals surface area contributed by atoms with E-state index in [4.69, 9.17) is 10.5 Å². The molecule has 1 aromatic heterocycles. The Kier molecular flexibility index (Phi) is 3.49. The van der Waals surface area contributed by atoms with E-state index in [1.807, 2.05) is 23.9 Å². The summed E-state index contributed by atoms with van der Waals surface area (Å²) in [5, 5.41) is 0.624. The van der Waals surface area contributed by atoms with E-state index in [-0.39, 0.29) is 0 Å². The molecule has 1 fully saturated rings. The topological polar surface area (TPSA) is 48.1 Å². The van der Waals surface area contributed by atoms with Crippen molar-refractivity contribution in [2.45, 2.75) is 30.5 Å². The van der Waals surface area contributed by atoms with Crippen molar-refractivity contribution in [3.63, 3.8) is 0 Å². The van der Waals surface area contributed by atoms with Crippen molar-refractivity contribution in [1.29, 1.82) is 0 Å². The third-order valence-corrected chi connectivity index (χ3v) is 4.16. The second-order valence-electron chi connectivity index (χ2n) is 3.80. The maximum Gasteiger partial charge on any atom is 0.123 e. The molecule has 1 aromatic rings. The zero-order valence-electron chi connectivity index (χ0n) is 8.85. The first-order valence-corrected chi connectivity index (χ1v) is 6.24. The van der Waals surface area contributed by atoms with Crippen LogP contribution in [0, 0.1) is 0 Å². The van der Waals surface area contributed by atoms with Gasteiger partial charge in [-0.3, -0.25) is 0 Å². The predicted octanol–water partition coefficient (Wildman–Crippen LogP) is 2.07. The van der Waals surface area contributed by atoms with Crippen molar-refractivity contribution < 1.29 is 4.74 Å². The Morgan fingerprint density at radius 2 is 2.53 bits per heavy atom. The summed E-state index contributed by atoms with van der Waals surface area (Å²) in [6, 6.07) is 3.96. The van der Waals surface area contributed by atoms with Crippen LogP contribution in [0.15, 0.2) is 18.3 Å². The van der Waals surface area contributed by atoms with Crippen molar-refractivity contribution >= 4 is 17.6 Å². The molecule has 1 aliphatic heterocycles. The number of hydrogen-bond acceptors (Lipinski definition) is 4. The van der Waals surface area contributed by atoms with Crippen LogP contribution in [0.4, 0.5) is 5.82 Å². The SMILES string of the molecule is CC1OCCC1SCc1ccnc(N)c1. The lowest BCUT2D eigenvalue weighted by Gasteiger charge is -2.13. The van der Waals surface area contributed by atoms with E-state index >= 15 is 0 Å². The molecule has 0 saturated carbocycles. The number of hydrogen-bond donors (Lipinski definition) is 1. The molecule has 2 atom stereocenters. The molecule has 1 aliphatic rings. The maximum absolute atomic E-state index is 5.62. The van der Waals surface area contributed by atoms with Gasteiger partial charge in [0.2, 0.25) is 0 Å². The summed E-state index contributed by atoms with van der Waals surface area (Å²) in [6.07, 6.45) is 3.31. The zero-order chi connectivity index (χ0) is 10.7. The Morgan fingerprint density at radius 1 is 1.67 bits per heavy atom. The van der Waals surface area contributed by atoms with Crippen LogP contribution < -0.4 is 5.73 Å². The average molecular weight is 224 g/mol.